The van der Waals surface area contributed by atoms with Gasteiger partial charge in [-0.15, -0.1) is 0 Å². The second kappa shape index (κ2) is 6.65. The average molecular weight is 401 g/mol. The highest BCUT2D eigenvalue weighted by Crippen LogP contribution is 2.51. The van der Waals surface area contributed by atoms with Gasteiger partial charge in [0.1, 0.15) is 0 Å². The molecule has 0 nitrogen and oxygen atoms in total. The molecule has 4 heteroatoms. The van der Waals surface area contributed by atoms with Crippen LogP contribution in [0.15, 0.2) is 9.64 Å². The van der Waals surface area contributed by atoms with Crippen LogP contribution in [0.3, 0.4) is 0 Å². The molecule has 0 aliphatic heterocycles. The van der Waals surface area contributed by atoms with Crippen molar-refractivity contribution >= 4 is 32.3 Å². The van der Waals surface area contributed by atoms with Crippen molar-refractivity contribution in [1.29, 1.82) is 0 Å². The van der Waals surface area contributed by atoms with Gasteiger partial charge in [0.25, 0.3) is 0 Å². The molecule has 0 aliphatic carbocycles. The summed E-state index contributed by atoms with van der Waals surface area (Å²) in [6, 6.07) is 0. The molecule has 24 heavy (non-hydrogen) atoms. The Kier molecular flexibility index (Phi) is 6.81. The van der Waals surface area contributed by atoms with Crippen LogP contribution in [0.1, 0.15) is 41.5 Å². The van der Waals surface area contributed by atoms with E-state index in [9.17, 15) is 0 Å². The maximum absolute atomic E-state index is 2.67. The SMILES string of the molecule is CC(C)(C)[Si](C)(C)/C(=C(\[Si](C)(C)C)[Si](C)(C)C(C)(C)C)[Si](C)(C)C. The van der Waals surface area contributed by atoms with E-state index in [1.165, 1.54) is 0 Å². The molecule has 0 aromatic rings. The molecule has 144 valence electrons. The lowest BCUT2D eigenvalue weighted by atomic mass is 10.2. The molecule has 0 atom stereocenters. The zero-order valence-corrected chi connectivity index (χ0v) is 24.0. The summed E-state index contributed by atoms with van der Waals surface area (Å²) in [5.74, 6) is 0. The van der Waals surface area contributed by atoms with E-state index in [1.807, 2.05) is 9.64 Å². The fourth-order valence-electron chi connectivity index (χ4n) is 4.00. The molecule has 0 aromatic carbocycles. The van der Waals surface area contributed by atoms with Crippen molar-refractivity contribution in [3.8, 4) is 0 Å². The summed E-state index contributed by atoms with van der Waals surface area (Å²) in [5.41, 5.74) is 0. The van der Waals surface area contributed by atoms with Crippen LogP contribution < -0.4 is 0 Å². The van der Waals surface area contributed by atoms with Crippen LogP contribution in [0.4, 0.5) is 0 Å². The van der Waals surface area contributed by atoms with Crippen LogP contribution >= 0.6 is 0 Å². The van der Waals surface area contributed by atoms with Gasteiger partial charge >= 0.3 is 0 Å². The predicted molar refractivity (Wildman–Crippen MR) is 128 cm³/mol. The molecule has 0 heterocycles. The summed E-state index contributed by atoms with van der Waals surface area (Å²) in [4.78, 5) is 4.10. The predicted octanol–water partition coefficient (Wildman–Crippen LogP) is 8.13. The quantitative estimate of drug-likeness (QED) is 0.418. The van der Waals surface area contributed by atoms with Crippen LogP contribution in [0.2, 0.25) is 75.5 Å². The third kappa shape index (κ3) is 4.86. The summed E-state index contributed by atoms with van der Waals surface area (Å²) < 4.78 is 0. The first kappa shape index (κ1) is 24.6. The highest BCUT2D eigenvalue weighted by atomic mass is 28.4. The minimum absolute atomic E-state index is 0.426. The van der Waals surface area contributed by atoms with E-state index in [1.54, 1.807) is 0 Å². The highest BCUT2D eigenvalue weighted by molar-refractivity contribution is 7.14. The van der Waals surface area contributed by atoms with E-state index in [0.717, 1.165) is 0 Å². The first-order valence-corrected chi connectivity index (χ1v) is 22.8. The van der Waals surface area contributed by atoms with Gasteiger partial charge in [0.2, 0.25) is 0 Å². The third-order valence-corrected chi connectivity index (χ3v) is 30.0. The van der Waals surface area contributed by atoms with Crippen molar-refractivity contribution in [3.05, 3.63) is 9.64 Å². The van der Waals surface area contributed by atoms with Crippen LogP contribution in [0.5, 0.6) is 0 Å². The molecular weight excluding hydrogens is 353 g/mol. The van der Waals surface area contributed by atoms with E-state index in [4.69, 9.17) is 0 Å². The van der Waals surface area contributed by atoms with E-state index >= 15 is 0 Å². The largest absolute Gasteiger partial charge is 0.0983 e. The Morgan fingerprint density at radius 1 is 0.417 bits per heavy atom. The molecule has 0 saturated carbocycles. The maximum atomic E-state index is 2.67. The number of hydrogen-bond acceptors (Lipinski definition) is 0. The molecular formula is C20H48Si4. The molecule has 0 rings (SSSR count). The Bertz CT molecular complexity index is 438. The topological polar surface area (TPSA) is 0 Å². The summed E-state index contributed by atoms with van der Waals surface area (Å²) >= 11 is 0. The minimum atomic E-state index is -1.52. The molecule has 0 amide bonds. The summed E-state index contributed by atoms with van der Waals surface area (Å²) in [5, 5.41) is 0.853. The molecule has 0 N–H and O–H groups in total. The lowest BCUT2D eigenvalue weighted by Gasteiger charge is -2.53. The third-order valence-electron chi connectivity index (χ3n) is 6.75. The Labute approximate surface area is 159 Å². The van der Waals surface area contributed by atoms with Crippen molar-refractivity contribution in [1.82, 2.24) is 0 Å². The van der Waals surface area contributed by atoms with Crippen LogP contribution in [0.25, 0.3) is 0 Å². The van der Waals surface area contributed by atoms with Crippen molar-refractivity contribution < 1.29 is 0 Å². The zero-order valence-electron chi connectivity index (χ0n) is 20.0. The Morgan fingerprint density at radius 3 is 0.667 bits per heavy atom. The van der Waals surface area contributed by atoms with Gasteiger partial charge in [-0.05, 0) is 10.1 Å². The molecule has 0 fully saturated rings. The van der Waals surface area contributed by atoms with Crippen molar-refractivity contribution in [2.24, 2.45) is 0 Å². The van der Waals surface area contributed by atoms with Gasteiger partial charge in [0, 0.05) is 0 Å². The van der Waals surface area contributed by atoms with Gasteiger partial charge in [0.15, 0.2) is 0 Å². The zero-order chi connectivity index (χ0) is 20.2. The Morgan fingerprint density at radius 2 is 0.583 bits per heavy atom. The van der Waals surface area contributed by atoms with Crippen LogP contribution in [0, 0.1) is 0 Å². The normalized spacial score (nSPS) is 17.0. The molecule has 0 aliphatic rings. The molecule has 0 bridgehead atoms. The summed E-state index contributed by atoms with van der Waals surface area (Å²) in [7, 11) is -5.81. The van der Waals surface area contributed by atoms with Gasteiger partial charge in [-0.1, -0.05) is 117 Å². The second-order valence-corrected chi connectivity index (χ2v) is 34.5. The average Bonchev–Trinajstić information content (AvgIpc) is 2.17. The summed E-state index contributed by atoms with van der Waals surface area (Å²) in [6.45, 7) is 41.5. The van der Waals surface area contributed by atoms with E-state index in [2.05, 4.69) is 107 Å². The molecule has 0 unspecified atom stereocenters. The fourth-order valence-corrected chi connectivity index (χ4v) is 33.8. The van der Waals surface area contributed by atoms with Gasteiger partial charge in [0.05, 0.1) is 32.3 Å². The van der Waals surface area contributed by atoms with Crippen molar-refractivity contribution in [2.75, 3.05) is 0 Å². The molecule has 0 aromatic heterocycles. The fraction of sp³-hybridized carbons (Fsp3) is 0.900. The van der Waals surface area contributed by atoms with E-state index in [0.29, 0.717) is 10.1 Å². The van der Waals surface area contributed by atoms with Crippen LogP contribution in [-0.2, 0) is 0 Å². The molecule has 0 radical (unpaired) electrons. The lowest BCUT2D eigenvalue weighted by Crippen LogP contribution is -2.57. The standard InChI is InChI=1S/C20H48Si4/c1-19(2,3)23(13,14)17(21(7,8)9)18(22(10,11)12)24(15,16)20(4,5)6/h1-16H3/b18-17+. The molecule has 0 spiro atoms. The Hall–Kier alpha value is 0.608. The first-order valence-electron chi connectivity index (χ1n) is 9.75. The number of hydrogen-bond donors (Lipinski definition) is 0. The van der Waals surface area contributed by atoms with E-state index < -0.39 is 32.3 Å². The lowest BCUT2D eigenvalue weighted by molar-refractivity contribution is 0.722. The van der Waals surface area contributed by atoms with Crippen molar-refractivity contribution in [3.63, 3.8) is 0 Å². The maximum Gasteiger partial charge on any atom is 0.0755 e. The van der Waals surface area contributed by atoms with Gasteiger partial charge in [-0.3, -0.25) is 0 Å². The summed E-state index contributed by atoms with van der Waals surface area (Å²) in [6.07, 6.45) is 0. The van der Waals surface area contributed by atoms with Gasteiger partial charge < -0.3 is 0 Å². The smallest absolute Gasteiger partial charge is 0.0755 e. The second-order valence-electron chi connectivity index (χ2n) is 13.0. The monoisotopic (exact) mass is 400 g/mol. The highest BCUT2D eigenvalue weighted by Gasteiger charge is 2.51. The number of rotatable bonds is 4. The Balaban J connectivity index is 7.29. The minimum Gasteiger partial charge on any atom is -0.0983 e. The van der Waals surface area contributed by atoms with Crippen molar-refractivity contribution in [2.45, 2.75) is 117 Å². The molecule has 0 saturated heterocycles. The van der Waals surface area contributed by atoms with Crippen LogP contribution in [-0.4, -0.2) is 32.3 Å². The first-order chi connectivity index (χ1) is 9.99. The van der Waals surface area contributed by atoms with Gasteiger partial charge in [-0.25, -0.2) is 0 Å². The van der Waals surface area contributed by atoms with Gasteiger partial charge in [-0.2, -0.15) is 0 Å². The van der Waals surface area contributed by atoms with E-state index in [-0.39, 0.29) is 0 Å².